The molecule has 0 saturated heterocycles. The molecule has 0 radical (unpaired) electrons. The molecule has 10 heteroatoms. The van der Waals surface area contributed by atoms with Gasteiger partial charge in [-0.05, 0) is 12.1 Å². The Labute approximate surface area is 156 Å². The minimum Gasteiger partial charge on any atom is -0.467 e. The highest BCUT2D eigenvalue weighted by Crippen LogP contribution is 2.37. The molecule has 27 heavy (non-hydrogen) atoms. The molecule has 1 aliphatic rings. The summed E-state index contributed by atoms with van der Waals surface area (Å²) in [6, 6.07) is 9.43. The van der Waals surface area contributed by atoms with Crippen molar-refractivity contribution in [3.63, 3.8) is 0 Å². The zero-order chi connectivity index (χ0) is 19.0. The summed E-state index contributed by atoms with van der Waals surface area (Å²) in [6.45, 7) is -2.51. The van der Waals surface area contributed by atoms with Crippen molar-refractivity contribution in [1.29, 1.82) is 0 Å². The van der Waals surface area contributed by atoms with Crippen LogP contribution in [0.3, 0.4) is 0 Å². The smallest absolute Gasteiger partial charge is 0.321 e. The van der Waals surface area contributed by atoms with Crippen molar-refractivity contribution in [1.82, 2.24) is 9.55 Å². The van der Waals surface area contributed by atoms with Gasteiger partial charge < -0.3 is 9.47 Å². The summed E-state index contributed by atoms with van der Waals surface area (Å²) >= 11 is 1.08. The number of non-ortho nitro benzene ring substituents is 1. The number of nitro benzene ring substituents is 1. The number of nitro groups is 1. The van der Waals surface area contributed by atoms with Gasteiger partial charge in [0.05, 0.1) is 22.6 Å². The number of hydrogen-bond acceptors (Lipinski definition) is 6. The van der Waals surface area contributed by atoms with Gasteiger partial charge in [0.1, 0.15) is 5.75 Å². The number of thioether (sulfide) groups is 1. The number of alkyl halides is 2. The zero-order valence-electron chi connectivity index (χ0n) is 13.8. The second kappa shape index (κ2) is 7.12. The van der Waals surface area contributed by atoms with Gasteiger partial charge in [-0.2, -0.15) is 8.78 Å². The standard InChI is InChI=1S/C17H13F2N3O4S/c18-16(19)21-14-4-2-1-3-13(14)20-17(21)27-8-11-6-12(22(23)24)5-10-7-25-9-26-15(10)11/h1-6,16H,7-9H2. The number of para-hydroxylation sites is 2. The monoisotopic (exact) mass is 393 g/mol. The molecule has 0 aliphatic carbocycles. The van der Waals surface area contributed by atoms with Gasteiger partial charge in [0.25, 0.3) is 5.69 Å². The van der Waals surface area contributed by atoms with Crippen LogP contribution >= 0.6 is 11.8 Å². The Hall–Kier alpha value is -2.72. The van der Waals surface area contributed by atoms with Crippen molar-refractivity contribution < 1.29 is 23.2 Å². The highest BCUT2D eigenvalue weighted by Gasteiger charge is 2.23. The first kappa shape index (κ1) is 17.7. The average Bonchev–Trinajstić information content (AvgIpc) is 3.04. The first-order chi connectivity index (χ1) is 13.0. The third-order valence-electron chi connectivity index (χ3n) is 4.10. The van der Waals surface area contributed by atoms with E-state index in [0.717, 1.165) is 16.3 Å². The molecule has 0 atom stereocenters. The van der Waals surface area contributed by atoms with Gasteiger partial charge in [0.15, 0.2) is 11.9 Å². The van der Waals surface area contributed by atoms with E-state index >= 15 is 0 Å². The van der Waals surface area contributed by atoms with Crippen molar-refractivity contribution in [3.8, 4) is 5.75 Å². The average molecular weight is 393 g/mol. The van der Waals surface area contributed by atoms with Crippen molar-refractivity contribution in [2.45, 2.75) is 24.1 Å². The van der Waals surface area contributed by atoms with Gasteiger partial charge >= 0.3 is 6.55 Å². The summed E-state index contributed by atoms with van der Waals surface area (Å²) < 4.78 is 38.6. The molecule has 0 N–H and O–H groups in total. The van der Waals surface area contributed by atoms with E-state index in [1.165, 1.54) is 12.1 Å². The molecule has 0 spiro atoms. The highest BCUT2D eigenvalue weighted by molar-refractivity contribution is 7.98. The second-order valence-electron chi connectivity index (χ2n) is 5.78. The summed E-state index contributed by atoms with van der Waals surface area (Å²) in [5.74, 6) is 0.694. The van der Waals surface area contributed by atoms with Crippen LogP contribution in [-0.2, 0) is 17.1 Å². The molecule has 0 saturated carbocycles. The van der Waals surface area contributed by atoms with Gasteiger partial charge in [0.2, 0.25) is 0 Å². The minimum atomic E-state index is -2.75. The van der Waals surface area contributed by atoms with Crippen molar-refractivity contribution >= 4 is 28.5 Å². The zero-order valence-corrected chi connectivity index (χ0v) is 14.6. The number of benzene rings is 2. The Balaban J connectivity index is 1.70. The fourth-order valence-electron chi connectivity index (χ4n) is 2.95. The normalized spacial score (nSPS) is 13.6. The van der Waals surface area contributed by atoms with Gasteiger partial charge in [-0.1, -0.05) is 23.9 Å². The summed E-state index contributed by atoms with van der Waals surface area (Å²) in [7, 11) is 0. The number of imidazole rings is 1. The predicted octanol–water partition coefficient (Wildman–Crippen LogP) is 4.50. The van der Waals surface area contributed by atoms with Crippen LogP contribution in [0.5, 0.6) is 5.75 Å². The van der Waals surface area contributed by atoms with E-state index in [1.807, 2.05) is 0 Å². The van der Waals surface area contributed by atoms with E-state index in [9.17, 15) is 18.9 Å². The Morgan fingerprint density at radius 3 is 2.93 bits per heavy atom. The van der Waals surface area contributed by atoms with Crippen LogP contribution in [0.1, 0.15) is 17.7 Å². The topological polar surface area (TPSA) is 79.4 Å². The second-order valence-corrected chi connectivity index (χ2v) is 6.72. The lowest BCUT2D eigenvalue weighted by Gasteiger charge is -2.20. The molecule has 7 nitrogen and oxygen atoms in total. The van der Waals surface area contributed by atoms with Crippen LogP contribution in [-0.4, -0.2) is 21.3 Å². The molecule has 0 amide bonds. The molecule has 2 aromatic carbocycles. The van der Waals surface area contributed by atoms with Crippen molar-refractivity contribution in [2.75, 3.05) is 6.79 Å². The Morgan fingerprint density at radius 1 is 1.33 bits per heavy atom. The molecule has 1 aromatic heterocycles. The van der Waals surface area contributed by atoms with E-state index in [1.54, 1.807) is 24.3 Å². The summed E-state index contributed by atoms with van der Waals surface area (Å²) in [5.41, 5.74) is 1.81. The van der Waals surface area contributed by atoms with E-state index < -0.39 is 11.5 Å². The molecule has 4 rings (SSSR count). The minimum absolute atomic E-state index is 0.0397. The predicted molar refractivity (Wildman–Crippen MR) is 93.9 cm³/mol. The quantitative estimate of drug-likeness (QED) is 0.361. The van der Waals surface area contributed by atoms with Crippen molar-refractivity contribution in [3.05, 3.63) is 57.6 Å². The lowest BCUT2D eigenvalue weighted by atomic mass is 10.1. The number of hydrogen-bond donors (Lipinski definition) is 0. The largest absolute Gasteiger partial charge is 0.467 e. The van der Waals surface area contributed by atoms with E-state index in [-0.39, 0.29) is 30.0 Å². The number of fused-ring (bicyclic) bond motifs is 2. The molecular formula is C17H13F2N3O4S. The fourth-order valence-corrected chi connectivity index (χ4v) is 3.93. The number of rotatable bonds is 5. The van der Waals surface area contributed by atoms with Gasteiger partial charge in [-0.15, -0.1) is 0 Å². The van der Waals surface area contributed by atoms with Crippen molar-refractivity contribution in [2.24, 2.45) is 0 Å². The van der Waals surface area contributed by atoms with Crippen LogP contribution in [0.2, 0.25) is 0 Å². The maximum atomic E-state index is 13.5. The van der Waals surface area contributed by atoms with Crippen LogP contribution in [0.25, 0.3) is 11.0 Å². The lowest BCUT2D eigenvalue weighted by Crippen LogP contribution is -2.13. The molecule has 0 bridgehead atoms. The SMILES string of the molecule is O=[N+]([O-])c1cc2c(c(CSc3nc4ccccc4n3C(F)F)c1)OCOC2. The van der Waals surface area contributed by atoms with Crippen LogP contribution < -0.4 is 4.74 Å². The molecule has 1 aliphatic heterocycles. The molecule has 3 aromatic rings. The van der Waals surface area contributed by atoms with Gasteiger partial charge in [0, 0.05) is 29.0 Å². The third kappa shape index (κ3) is 3.33. The summed E-state index contributed by atoms with van der Waals surface area (Å²) in [6.07, 6.45) is 0. The summed E-state index contributed by atoms with van der Waals surface area (Å²) in [5, 5.41) is 11.3. The van der Waals surface area contributed by atoms with E-state index in [0.29, 0.717) is 27.9 Å². The maximum absolute atomic E-state index is 13.5. The van der Waals surface area contributed by atoms with Crippen LogP contribution in [0.15, 0.2) is 41.6 Å². The highest BCUT2D eigenvalue weighted by atomic mass is 32.2. The van der Waals surface area contributed by atoms with Gasteiger partial charge in [-0.3, -0.25) is 14.7 Å². The Morgan fingerprint density at radius 2 is 2.15 bits per heavy atom. The van der Waals surface area contributed by atoms with Crippen LogP contribution in [0.4, 0.5) is 14.5 Å². The maximum Gasteiger partial charge on any atom is 0.321 e. The number of ether oxygens (including phenoxy) is 2. The Bertz CT molecular complexity index is 1020. The van der Waals surface area contributed by atoms with E-state index in [2.05, 4.69) is 4.98 Å². The number of halogens is 2. The van der Waals surface area contributed by atoms with Gasteiger partial charge in [-0.25, -0.2) is 4.98 Å². The molecule has 0 unspecified atom stereocenters. The number of nitrogens with zero attached hydrogens (tertiary/aromatic N) is 3. The number of aromatic nitrogens is 2. The Kier molecular flexibility index (Phi) is 4.66. The molecule has 140 valence electrons. The third-order valence-corrected chi connectivity index (χ3v) is 5.10. The van der Waals surface area contributed by atoms with Crippen LogP contribution in [0, 0.1) is 10.1 Å². The van der Waals surface area contributed by atoms with E-state index in [4.69, 9.17) is 9.47 Å². The molecular weight excluding hydrogens is 380 g/mol. The lowest BCUT2D eigenvalue weighted by molar-refractivity contribution is -0.385. The first-order valence-electron chi connectivity index (χ1n) is 7.93. The first-order valence-corrected chi connectivity index (χ1v) is 8.92. The molecule has 0 fully saturated rings. The summed E-state index contributed by atoms with van der Waals surface area (Å²) in [4.78, 5) is 14.9. The fraction of sp³-hybridized carbons (Fsp3) is 0.235. The molecule has 2 heterocycles.